The van der Waals surface area contributed by atoms with Crippen LogP contribution in [0.3, 0.4) is 0 Å². The van der Waals surface area contributed by atoms with Gasteiger partial charge in [-0.25, -0.2) is 0 Å². The molecule has 1 aromatic carbocycles. The van der Waals surface area contributed by atoms with Gasteiger partial charge in [-0.2, -0.15) is 0 Å². The van der Waals surface area contributed by atoms with Crippen molar-refractivity contribution in [3.8, 4) is 0 Å². The number of aliphatic hydroxyl groups excluding tert-OH is 1. The molecule has 1 aromatic rings. The molecule has 1 fully saturated rings. The van der Waals surface area contributed by atoms with E-state index in [1.165, 1.54) is 6.07 Å². The van der Waals surface area contributed by atoms with Gasteiger partial charge >= 0.3 is 0 Å². The number of nitro groups is 1. The Labute approximate surface area is 124 Å². The van der Waals surface area contributed by atoms with E-state index in [0.717, 1.165) is 0 Å². The number of anilines is 1. The molecule has 0 saturated carbocycles. The van der Waals surface area contributed by atoms with Crippen molar-refractivity contribution in [2.24, 2.45) is 0 Å². The summed E-state index contributed by atoms with van der Waals surface area (Å²) in [6, 6.07) is 4.90. The molecule has 0 spiro atoms. The molecule has 0 aliphatic carbocycles. The zero-order valence-corrected chi connectivity index (χ0v) is 12.9. The van der Waals surface area contributed by atoms with Gasteiger partial charge in [0.2, 0.25) is 0 Å². The molecule has 0 aromatic heterocycles. The summed E-state index contributed by atoms with van der Waals surface area (Å²) in [5.41, 5.74) is 0.797. The molecule has 6 heteroatoms. The van der Waals surface area contributed by atoms with Crippen LogP contribution in [0.5, 0.6) is 0 Å². The van der Waals surface area contributed by atoms with Crippen molar-refractivity contribution < 1.29 is 14.8 Å². The van der Waals surface area contributed by atoms with Crippen LogP contribution in [0.4, 0.5) is 11.4 Å². The number of morpholine rings is 1. The molecular formula is C15H22N2O4. The first-order chi connectivity index (χ1) is 9.69. The molecule has 2 rings (SSSR count). The van der Waals surface area contributed by atoms with E-state index in [4.69, 9.17) is 4.74 Å². The number of aliphatic hydroxyl groups is 1. The summed E-state index contributed by atoms with van der Waals surface area (Å²) in [5, 5.41) is 20.9. The van der Waals surface area contributed by atoms with Crippen LogP contribution < -0.4 is 4.90 Å². The molecule has 1 unspecified atom stereocenters. The summed E-state index contributed by atoms with van der Waals surface area (Å²) in [5.74, 6) is 0. The SMILES string of the molecule is CC1CN(c2ccc([C@H](C)O)cc2[N+](=O)[O-])CC(C)(C)O1. The third kappa shape index (κ3) is 3.51. The van der Waals surface area contributed by atoms with E-state index in [1.807, 2.05) is 25.7 Å². The zero-order valence-electron chi connectivity index (χ0n) is 12.9. The Balaban J connectivity index is 2.41. The predicted octanol–water partition coefficient (Wildman–Crippen LogP) is 2.65. The van der Waals surface area contributed by atoms with Crippen molar-refractivity contribution in [2.75, 3.05) is 18.0 Å². The van der Waals surface area contributed by atoms with Gasteiger partial charge in [-0.05, 0) is 39.3 Å². The molecule has 6 nitrogen and oxygen atoms in total. The molecule has 1 N–H and O–H groups in total. The number of benzene rings is 1. The highest BCUT2D eigenvalue weighted by atomic mass is 16.6. The molecule has 2 atom stereocenters. The fourth-order valence-corrected chi connectivity index (χ4v) is 2.85. The smallest absolute Gasteiger partial charge is 0.292 e. The highest BCUT2D eigenvalue weighted by Gasteiger charge is 2.34. The molecule has 1 saturated heterocycles. The van der Waals surface area contributed by atoms with Gasteiger partial charge in [0.05, 0.1) is 22.7 Å². The number of rotatable bonds is 3. The lowest BCUT2D eigenvalue weighted by molar-refractivity contribution is -0.384. The van der Waals surface area contributed by atoms with Crippen molar-refractivity contribution in [2.45, 2.75) is 45.5 Å². The maximum absolute atomic E-state index is 11.3. The monoisotopic (exact) mass is 294 g/mol. The second-order valence-electron chi connectivity index (χ2n) is 6.25. The summed E-state index contributed by atoms with van der Waals surface area (Å²) in [7, 11) is 0. The second kappa shape index (κ2) is 5.61. The first-order valence-corrected chi connectivity index (χ1v) is 7.09. The quantitative estimate of drug-likeness (QED) is 0.685. The first-order valence-electron chi connectivity index (χ1n) is 7.09. The highest BCUT2D eigenvalue weighted by Crippen LogP contribution is 2.34. The Kier molecular flexibility index (Phi) is 4.20. The summed E-state index contributed by atoms with van der Waals surface area (Å²) < 4.78 is 5.84. The van der Waals surface area contributed by atoms with E-state index in [2.05, 4.69) is 0 Å². The molecule has 1 aliphatic rings. The van der Waals surface area contributed by atoms with E-state index in [1.54, 1.807) is 19.1 Å². The summed E-state index contributed by atoms with van der Waals surface area (Å²) in [4.78, 5) is 12.9. The van der Waals surface area contributed by atoms with Crippen molar-refractivity contribution in [3.05, 3.63) is 33.9 Å². The minimum Gasteiger partial charge on any atom is -0.389 e. The third-order valence-corrected chi connectivity index (χ3v) is 3.59. The average molecular weight is 294 g/mol. The largest absolute Gasteiger partial charge is 0.389 e. The lowest BCUT2D eigenvalue weighted by Gasteiger charge is -2.42. The van der Waals surface area contributed by atoms with Crippen molar-refractivity contribution in [3.63, 3.8) is 0 Å². The molecule has 1 aliphatic heterocycles. The van der Waals surface area contributed by atoms with Crippen molar-refractivity contribution >= 4 is 11.4 Å². The van der Waals surface area contributed by atoms with Crippen LogP contribution in [0, 0.1) is 10.1 Å². The molecule has 0 bridgehead atoms. The van der Waals surface area contributed by atoms with E-state index in [-0.39, 0.29) is 17.4 Å². The van der Waals surface area contributed by atoms with Crippen LogP contribution in [-0.4, -0.2) is 34.8 Å². The highest BCUT2D eigenvalue weighted by molar-refractivity contribution is 5.65. The lowest BCUT2D eigenvalue weighted by Crippen LogP contribution is -2.52. The van der Waals surface area contributed by atoms with Crippen LogP contribution >= 0.6 is 0 Å². The van der Waals surface area contributed by atoms with Crippen molar-refractivity contribution in [1.29, 1.82) is 0 Å². The molecule has 0 amide bonds. The van der Waals surface area contributed by atoms with Gasteiger partial charge < -0.3 is 14.7 Å². The van der Waals surface area contributed by atoms with Gasteiger partial charge in [-0.1, -0.05) is 6.07 Å². The Morgan fingerprint density at radius 1 is 1.52 bits per heavy atom. The topological polar surface area (TPSA) is 75.8 Å². The predicted molar refractivity (Wildman–Crippen MR) is 80.6 cm³/mol. The van der Waals surface area contributed by atoms with Gasteiger partial charge in [0.1, 0.15) is 5.69 Å². The Morgan fingerprint density at radius 3 is 2.71 bits per heavy atom. The maximum atomic E-state index is 11.3. The van der Waals surface area contributed by atoms with Gasteiger partial charge in [0.15, 0.2) is 0 Å². The van der Waals surface area contributed by atoms with Crippen LogP contribution in [-0.2, 0) is 4.74 Å². The number of hydrogen-bond acceptors (Lipinski definition) is 5. The van der Waals surface area contributed by atoms with Crippen LogP contribution in [0.25, 0.3) is 0 Å². The standard InChI is InChI=1S/C15H22N2O4/c1-10-8-16(9-15(3,4)21-10)13-6-5-12(11(2)18)7-14(13)17(19)20/h5-7,10-11,18H,8-9H2,1-4H3/t10?,11-/m0/s1. The zero-order chi connectivity index (χ0) is 15.8. The summed E-state index contributed by atoms with van der Waals surface area (Å²) >= 11 is 0. The van der Waals surface area contributed by atoms with Gasteiger partial charge in [0.25, 0.3) is 5.69 Å². The average Bonchev–Trinajstić information content (AvgIpc) is 2.35. The third-order valence-electron chi connectivity index (χ3n) is 3.59. The summed E-state index contributed by atoms with van der Waals surface area (Å²) in [6.45, 7) is 8.71. The summed E-state index contributed by atoms with van der Waals surface area (Å²) in [6.07, 6.45) is -0.720. The normalized spacial score (nSPS) is 22.9. The van der Waals surface area contributed by atoms with Crippen LogP contribution in [0.1, 0.15) is 39.4 Å². The van der Waals surface area contributed by atoms with Crippen LogP contribution in [0.2, 0.25) is 0 Å². The number of hydrogen-bond donors (Lipinski definition) is 1. The Hall–Kier alpha value is -1.66. The van der Waals surface area contributed by atoms with Gasteiger partial charge in [-0.15, -0.1) is 0 Å². The fourth-order valence-electron chi connectivity index (χ4n) is 2.85. The number of ether oxygens (including phenoxy) is 1. The van der Waals surface area contributed by atoms with E-state index in [0.29, 0.717) is 24.3 Å². The van der Waals surface area contributed by atoms with Crippen molar-refractivity contribution in [1.82, 2.24) is 0 Å². The molecule has 0 radical (unpaired) electrons. The Bertz CT molecular complexity index is 542. The second-order valence-corrected chi connectivity index (χ2v) is 6.25. The van der Waals surface area contributed by atoms with E-state index < -0.39 is 11.0 Å². The molecule has 116 valence electrons. The minimum atomic E-state index is -0.724. The maximum Gasteiger partial charge on any atom is 0.292 e. The number of nitrogens with zero attached hydrogens (tertiary/aromatic N) is 2. The van der Waals surface area contributed by atoms with Gasteiger partial charge in [-0.3, -0.25) is 10.1 Å². The van der Waals surface area contributed by atoms with Crippen LogP contribution in [0.15, 0.2) is 18.2 Å². The minimum absolute atomic E-state index is 0.00444. The van der Waals surface area contributed by atoms with Gasteiger partial charge in [0, 0.05) is 19.2 Å². The molecule has 1 heterocycles. The molecular weight excluding hydrogens is 272 g/mol. The fraction of sp³-hybridized carbons (Fsp3) is 0.600. The number of nitro benzene ring substituents is 1. The Morgan fingerprint density at radius 2 is 2.19 bits per heavy atom. The molecule has 21 heavy (non-hydrogen) atoms. The van der Waals surface area contributed by atoms with E-state index >= 15 is 0 Å². The lowest BCUT2D eigenvalue weighted by atomic mass is 10.0. The van der Waals surface area contributed by atoms with E-state index in [9.17, 15) is 15.2 Å². The first kappa shape index (κ1) is 15.7.